The van der Waals surface area contributed by atoms with Gasteiger partial charge in [-0.05, 0) is 42.3 Å². The van der Waals surface area contributed by atoms with Crippen molar-refractivity contribution in [1.82, 2.24) is 18.9 Å². The molecule has 35 heavy (non-hydrogen) atoms. The first-order valence-electron chi connectivity index (χ1n) is 11.5. The van der Waals surface area contributed by atoms with E-state index in [0.717, 1.165) is 22.6 Å². The summed E-state index contributed by atoms with van der Waals surface area (Å²) in [6.07, 6.45) is 1.70. The molecule has 2 aromatic carbocycles. The fourth-order valence-corrected chi connectivity index (χ4v) is 4.43. The number of hydrogen-bond donors (Lipinski definition) is 0. The Bertz CT molecular complexity index is 1580. The Balaban J connectivity index is 1.68. The standard InChI is InChI=1S/C28H26N4O3/c1-20-27-25(16-26(33)30(20)19-23-10-6-7-15-29-23)31(17-21-8-4-3-5-9-21)32(28(27)34)18-22-11-13-24(35-2)14-12-22/h3-16H,17-19H2,1-2H3. The van der Waals surface area contributed by atoms with E-state index in [9.17, 15) is 9.59 Å². The molecule has 0 aliphatic rings. The molecule has 0 saturated carbocycles. The molecule has 0 N–H and O–H groups in total. The van der Waals surface area contributed by atoms with Gasteiger partial charge in [-0.25, -0.2) is 4.68 Å². The normalized spacial score (nSPS) is 11.1. The highest BCUT2D eigenvalue weighted by Crippen LogP contribution is 2.19. The molecular weight excluding hydrogens is 440 g/mol. The lowest BCUT2D eigenvalue weighted by atomic mass is 10.2. The van der Waals surface area contributed by atoms with Gasteiger partial charge in [0.2, 0.25) is 0 Å². The first-order chi connectivity index (χ1) is 17.0. The van der Waals surface area contributed by atoms with Crippen LogP contribution < -0.4 is 15.9 Å². The molecule has 3 heterocycles. The quantitative estimate of drug-likeness (QED) is 0.366. The third-order valence-corrected chi connectivity index (χ3v) is 6.28. The van der Waals surface area contributed by atoms with Crippen LogP contribution in [-0.4, -0.2) is 26.0 Å². The van der Waals surface area contributed by atoms with E-state index in [2.05, 4.69) is 4.98 Å². The number of benzene rings is 2. The van der Waals surface area contributed by atoms with Gasteiger partial charge in [-0.1, -0.05) is 48.5 Å². The Kier molecular flexibility index (Phi) is 6.06. The van der Waals surface area contributed by atoms with E-state index >= 15 is 0 Å². The lowest BCUT2D eigenvalue weighted by molar-refractivity contribution is 0.414. The summed E-state index contributed by atoms with van der Waals surface area (Å²) in [4.78, 5) is 31.3. The molecule has 0 radical (unpaired) electrons. The van der Waals surface area contributed by atoms with Crippen molar-refractivity contribution >= 4 is 10.9 Å². The van der Waals surface area contributed by atoms with Crippen molar-refractivity contribution in [3.63, 3.8) is 0 Å². The molecule has 7 nitrogen and oxygen atoms in total. The van der Waals surface area contributed by atoms with Crippen LogP contribution in [0.5, 0.6) is 5.75 Å². The van der Waals surface area contributed by atoms with Crippen molar-refractivity contribution in [3.8, 4) is 5.75 Å². The van der Waals surface area contributed by atoms with Gasteiger partial charge in [0.05, 0.1) is 43.3 Å². The number of aryl methyl sites for hydroxylation is 1. The van der Waals surface area contributed by atoms with Crippen LogP contribution in [0.15, 0.2) is 94.6 Å². The molecule has 0 bridgehead atoms. The summed E-state index contributed by atoms with van der Waals surface area (Å²) in [6.45, 7) is 2.99. The summed E-state index contributed by atoms with van der Waals surface area (Å²) < 4.78 is 10.5. The largest absolute Gasteiger partial charge is 0.497 e. The van der Waals surface area contributed by atoms with Gasteiger partial charge in [-0.2, -0.15) is 0 Å². The van der Waals surface area contributed by atoms with Gasteiger partial charge in [0.15, 0.2) is 0 Å². The Morgan fingerprint density at radius 1 is 0.800 bits per heavy atom. The second-order valence-corrected chi connectivity index (χ2v) is 8.49. The van der Waals surface area contributed by atoms with Gasteiger partial charge in [0.1, 0.15) is 5.75 Å². The second kappa shape index (κ2) is 9.46. The Morgan fingerprint density at radius 2 is 1.49 bits per heavy atom. The van der Waals surface area contributed by atoms with E-state index in [-0.39, 0.29) is 11.1 Å². The predicted octanol–water partition coefficient (Wildman–Crippen LogP) is 3.82. The van der Waals surface area contributed by atoms with Gasteiger partial charge in [0.25, 0.3) is 11.1 Å². The molecule has 176 valence electrons. The highest BCUT2D eigenvalue weighted by atomic mass is 16.5. The smallest absolute Gasteiger partial charge is 0.276 e. The van der Waals surface area contributed by atoms with Crippen LogP contribution in [0.3, 0.4) is 0 Å². The minimum atomic E-state index is -0.163. The van der Waals surface area contributed by atoms with Crippen LogP contribution in [0, 0.1) is 6.92 Å². The first-order valence-corrected chi connectivity index (χ1v) is 11.5. The fraction of sp³-hybridized carbons (Fsp3) is 0.179. The summed E-state index contributed by atoms with van der Waals surface area (Å²) in [7, 11) is 1.63. The number of hydrogen-bond acceptors (Lipinski definition) is 4. The minimum Gasteiger partial charge on any atom is -0.497 e. The Labute approximate surface area is 202 Å². The van der Waals surface area contributed by atoms with Crippen molar-refractivity contribution in [2.24, 2.45) is 0 Å². The summed E-state index contributed by atoms with van der Waals surface area (Å²) in [5.41, 5.74) is 3.75. The van der Waals surface area contributed by atoms with Crippen LogP contribution >= 0.6 is 0 Å². The van der Waals surface area contributed by atoms with Crippen LogP contribution in [0.25, 0.3) is 10.9 Å². The zero-order valence-electron chi connectivity index (χ0n) is 19.7. The lowest BCUT2D eigenvalue weighted by Gasteiger charge is -2.14. The van der Waals surface area contributed by atoms with E-state index in [1.54, 1.807) is 28.6 Å². The maximum Gasteiger partial charge on any atom is 0.276 e. The van der Waals surface area contributed by atoms with Gasteiger partial charge >= 0.3 is 0 Å². The van der Waals surface area contributed by atoms with E-state index in [0.29, 0.717) is 36.2 Å². The molecule has 0 saturated heterocycles. The number of methoxy groups -OCH3 is 1. The highest BCUT2D eigenvalue weighted by Gasteiger charge is 2.19. The summed E-state index contributed by atoms with van der Waals surface area (Å²) in [6, 6.07) is 24.8. The molecule has 3 aromatic heterocycles. The van der Waals surface area contributed by atoms with Crippen molar-refractivity contribution in [1.29, 1.82) is 0 Å². The molecular formula is C28H26N4O3. The van der Waals surface area contributed by atoms with Crippen molar-refractivity contribution in [3.05, 3.63) is 128 Å². The highest BCUT2D eigenvalue weighted by molar-refractivity contribution is 5.81. The molecule has 0 amide bonds. The van der Waals surface area contributed by atoms with E-state index < -0.39 is 0 Å². The number of pyridine rings is 2. The fourth-order valence-electron chi connectivity index (χ4n) is 4.43. The predicted molar refractivity (Wildman–Crippen MR) is 136 cm³/mol. The molecule has 5 rings (SSSR count). The molecule has 0 aliphatic carbocycles. The number of ether oxygens (including phenoxy) is 1. The van der Waals surface area contributed by atoms with E-state index in [1.807, 2.05) is 84.4 Å². The summed E-state index contributed by atoms with van der Waals surface area (Å²) in [5.74, 6) is 0.758. The maximum atomic E-state index is 13.8. The maximum absolute atomic E-state index is 13.8. The Hall–Kier alpha value is -4.39. The zero-order valence-corrected chi connectivity index (χ0v) is 19.7. The number of fused-ring (bicyclic) bond motifs is 1. The average molecular weight is 467 g/mol. The number of rotatable bonds is 7. The molecule has 7 heteroatoms. The van der Waals surface area contributed by atoms with Gasteiger partial charge in [0, 0.05) is 18.0 Å². The van der Waals surface area contributed by atoms with Crippen LogP contribution in [0.1, 0.15) is 22.5 Å². The number of aromatic nitrogens is 4. The third-order valence-electron chi connectivity index (χ3n) is 6.28. The molecule has 0 spiro atoms. The second-order valence-electron chi connectivity index (χ2n) is 8.49. The van der Waals surface area contributed by atoms with Crippen LogP contribution in [-0.2, 0) is 19.6 Å². The van der Waals surface area contributed by atoms with Crippen molar-refractivity contribution in [2.45, 2.75) is 26.6 Å². The lowest BCUT2D eigenvalue weighted by Crippen LogP contribution is -2.25. The summed E-state index contributed by atoms with van der Waals surface area (Å²) in [5, 5.41) is 0.546. The van der Waals surface area contributed by atoms with Crippen molar-refractivity contribution < 1.29 is 4.74 Å². The summed E-state index contributed by atoms with van der Waals surface area (Å²) >= 11 is 0. The van der Waals surface area contributed by atoms with Crippen molar-refractivity contribution in [2.75, 3.05) is 7.11 Å². The van der Waals surface area contributed by atoms with Gasteiger partial charge in [-0.15, -0.1) is 0 Å². The van der Waals surface area contributed by atoms with Crippen LogP contribution in [0.2, 0.25) is 0 Å². The van der Waals surface area contributed by atoms with Gasteiger partial charge in [-0.3, -0.25) is 19.3 Å². The van der Waals surface area contributed by atoms with E-state index in [4.69, 9.17) is 4.74 Å². The molecule has 0 fully saturated rings. The van der Waals surface area contributed by atoms with E-state index in [1.165, 1.54) is 0 Å². The monoisotopic (exact) mass is 466 g/mol. The molecule has 0 aliphatic heterocycles. The first kappa shape index (κ1) is 22.4. The molecule has 0 unspecified atom stereocenters. The zero-order chi connectivity index (χ0) is 24.4. The molecule has 0 atom stereocenters. The molecule has 5 aromatic rings. The number of nitrogens with zero attached hydrogens (tertiary/aromatic N) is 4. The minimum absolute atomic E-state index is 0.126. The third kappa shape index (κ3) is 4.40. The average Bonchev–Trinajstić information content (AvgIpc) is 3.13. The topological polar surface area (TPSA) is 71.1 Å². The van der Waals surface area contributed by atoms with Crippen LogP contribution in [0.4, 0.5) is 0 Å². The Morgan fingerprint density at radius 3 is 2.17 bits per heavy atom. The SMILES string of the molecule is COc1ccc(Cn2c(=O)c3c(C)n(Cc4ccccn4)c(=O)cc3n2Cc2ccccc2)cc1. The van der Waals surface area contributed by atoms with Gasteiger partial charge < -0.3 is 9.30 Å².